The standard InChI is InChI=1S/C22H18N2O2/c1-26-20-14-8-9-17(15-20)16-23-24-21(18-10-4-2-5-11-18)22(25)19-12-6-3-7-13-19/h2-16H,1H3/b23-16-,24-21-. The summed E-state index contributed by atoms with van der Waals surface area (Å²) in [5, 5.41) is 8.34. The van der Waals surface area contributed by atoms with E-state index >= 15 is 0 Å². The maximum absolute atomic E-state index is 12.9. The Hall–Kier alpha value is -3.53. The molecule has 0 heterocycles. The molecule has 26 heavy (non-hydrogen) atoms. The number of carbonyl (C=O) groups excluding carboxylic acids is 1. The molecule has 0 bridgehead atoms. The Morgan fingerprint density at radius 3 is 2.15 bits per heavy atom. The van der Waals surface area contributed by atoms with Crippen LogP contribution in [0.3, 0.4) is 0 Å². The highest BCUT2D eigenvalue weighted by molar-refractivity contribution is 6.51. The molecule has 0 aliphatic carbocycles. The number of nitrogens with zero attached hydrogens (tertiary/aromatic N) is 2. The van der Waals surface area contributed by atoms with Crippen LogP contribution in [-0.4, -0.2) is 24.8 Å². The highest BCUT2D eigenvalue weighted by Crippen LogP contribution is 2.12. The largest absolute Gasteiger partial charge is 0.497 e. The molecule has 0 unspecified atom stereocenters. The number of hydrogen-bond donors (Lipinski definition) is 0. The van der Waals surface area contributed by atoms with Crippen LogP contribution >= 0.6 is 0 Å². The fourth-order valence-corrected chi connectivity index (χ4v) is 2.43. The van der Waals surface area contributed by atoms with Gasteiger partial charge in [0, 0.05) is 11.1 Å². The Bertz CT molecular complexity index is 933. The molecule has 0 spiro atoms. The quantitative estimate of drug-likeness (QED) is 0.379. The number of Topliss-reactive ketones (excluding diaryl/α,β-unsaturated/α-hetero) is 1. The SMILES string of the molecule is COc1cccc(/C=N\N=C(/C(=O)c2ccccc2)c2ccccc2)c1. The minimum atomic E-state index is -0.167. The molecular weight excluding hydrogens is 324 g/mol. The first-order valence-electron chi connectivity index (χ1n) is 8.18. The van der Waals surface area contributed by atoms with Crippen molar-refractivity contribution in [3.8, 4) is 5.75 Å². The van der Waals surface area contributed by atoms with Gasteiger partial charge >= 0.3 is 0 Å². The molecule has 0 aromatic heterocycles. The van der Waals surface area contributed by atoms with Crippen molar-refractivity contribution < 1.29 is 9.53 Å². The van der Waals surface area contributed by atoms with Crippen molar-refractivity contribution in [1.82, 2.24) is 0 Å². The highest BCUT2D eigenvalue weighted by atomic mass is 16.5. The molecule has 4 heteroatoms. The van der Waals surface area contributed by atoms with Crippen molar-refractivity contribution in [2.75, 3.05) is 7.11 Å². The normalized spacial score (nSPS) is 11.5. The van der Waals surface area contributed by atoms with E-state index in [1.54, 1.807) is 25.5 Å². The summed E-state index contributed by atoms with van der Waals surface area (Å²) in [7, 11) is 1.61. The molecule has 0 N–H and O–H groups in total. The topological polar surface area (TPSA) is 51.0 Å². The molecular formula is C22H18N2O2. The Labute approximate surface area is 152 Å². The summed E-state index contributed by atoms with van der Waals surface area (Å²) in [4.78, 5) is 12.9. The van der Waals surface area contributed by atoms with Gasteiger partial charge in [0.15, 0.2) is 0 Å². The third kappa shape index (κ3) is 4.30. The predicted molar refractivity (Wildman–Crippen MR) is 104 cm³/mol. The molecule has 3 aromatic rings. The lowest BCUT2D eigenvalue weighted by Gasteiger charge is -2.04. The van der Waals surface area contributed by atoms with Gasteiger partial charge in [0.25, 0.3) is 0 Å². The number of ether oxygens (including phenoxy) is 1. The first kappa shape index (κ1) is 17.3. The monoisotopic (exact) mass is 342 g/mol. The Morgan fingerprint density at radius 1 is 0.846 bits per heavy atom. The molecule has 0 fully saturated rings. The molecule has 0 amide bonds. The fourth-order valence-electron chi connectivity index (χ4n) is 2.43. The van der Waals surface area contributed by atoms with Crippen LogP contribution in [0, 0.1) is 0 Å². The summed E-state index contributed by atoms with van der Waals surface area (Å²) < 4.78 is 5.20. The molecule has 3 rings (SSSR count). The molecule has 3 aromatic carbocycles. The van der Waals surface area contributed by atoms with E-state index in [2.05, 4.69) is 10.2 Å². The number of hydrogen-bond acceptors (Lipinski definition) is 4. The van der Waals surface area contributed by atoms with Gasteiger partial charge in [-0.3, -0.25) is 4.79 Å². The van der Waals surface area contributed by atoms with E-state index in [9.17, 15) is 4.79 Å². The average molecular weight is 342 g/mol. The smallest absolute Gasteiger partial charge is 0.213 e. The van der Waals surface area contributed by atoms with Gasteiger partial charge in [-0.2, -0.15) is 5.10 Å². The van der Waals surface area contributed by atoms with Gasteiger partial charge in [-0.1, -0.05) is 72.8 Å². The summed E-state index contributed by atoms with van der Waals surface area (Å²) in [5.41, 5.74) is 2.44. The van der Waals surface area contributed by atoms with E-state index in [-0.39, 0.29) is 5.78 Å². The minimum Gasteiger partial charge on any atom is -0.497 e. The summed E-state index contributed by atoms with van der Waals surface area (Å²) in [6.07, 6.45) is 1.60. The summed E-state index contributed by atoms with van der Waals surface area (Å²) >= 11 is 0. The van der Waals surface area contributed by atoms with Crippen LogP contribution in [0.1, 0.15) is 21.5 Å². The Kier molecular flexibility index (Phi) is 5.68. The second kappa shape index (κ2) is 8.53. The predicted octanol–water partition coefficient (Wildman–Crippen LogP) is 4.40. The van der Waals surface area contributed by atoms with Crippen molar-refractivity contribution in [3.05, 3.63) is 102 Å². The van der Waals surface area contributed by atoms with Crippen LogP contribution in [0.15, 0.2) is 95.1 Å². The van der Waals surface area contributed by atoms with Gasteiger partial charge in [-0.05, 0) is 17.7 Å². The van der Waals surface area contributed by atoms with Crippen molar-refractivity contribution in [3.63, 3.8) is 0 Å². The maximum atomic E-state index is 12.9. The molecule has 0 aliphatic rings. The van der Waals surface area contributed by atoms with E-state index in [0.717, 1.165) is 16.9 Å². The number of methoxy groups -OCH3 is 1. The minimum absolute atomic E-state index is 0.167. The van der Waals surface area contributed by atoms with Crippen LogP contribution in [0.25, 0.3) is 0 Å². The summed E-state index contributed by atoms with van der Waals surface area (Å²) in [6.45, 7) is 0. The number of ketones is 1. The van der Waals surface area contributed by atoms with E-state index in [0.29, 0.717) is 11.3 Å². The average Bonchev–Trinajstić information content (AvgIpc) is 2.72. The van der Waals surface area contributed by atoms with Gasteiger partial charge < -0.3 is 4.74 Å². The number of benzene rings is 3. The third-order valence-corrected chi connectivity index (χ3v) is 3.76. The van der Waals surface area contributed by atoms with Crippen molar-refractivity contribution in [2.24, 2.45) is 10.2 Å². The zero-order chi connectivity index (χ0) is 18.2. The third-order valence-electron chi connectivity index (χ3n) is 3.76. The van der Waals surface area contributed by atoms with Gasteiger partial charge in [-0.25, -0.2) is 0 Å². The maximum Gasteiger partial charge on any atom is 0.213 e. The highest BCUT2D eigenvalue weighted by Gasteiger charge is 2.15. The molecule has 4 nitrogen and oxygen atoms in total. The Balaban J connectivity index is 1.94. The van der Waals surface area contributed by atoms with Crippen LogP contribution in [0.4, 0.5) is 0 Å². The lowest BCUT2D eigenvalue weighted by atomic mass is 10.0. The van der Waals surface area contributed by atoms with Crippen molar-refractivity contribution in [1.29, 1.82) is 0 Å². The lowest BCUT2D eigenvalue weighted by molar-refractivity contribution is 0.106. The zero-order valence-electron chi connectivity index (χ0n) is 14.4. The molecule has 0 saturated heterocycles. The Morgan fingerprint density at radius 2 is 1.50 bits per heavy atom. The van der Waals surface area contributed by atoms with E-state index in [4.69, 9.17) is 4.74 Å². The lowest BCUT2D eigenvalue weighted by Crippen LogP contribution is -2.15. The van der Waals surface area contributed by atoms with Crippen molar-refractivity contribution in [2.45, 2.75) is 0 Å². The summed E-state index contributed by atoms with van der Waals surface area (Å²) in [5.74, 6) is 0.571. The molecule has 0 atom stereocenters. The fraction of sp³-hybridized carbons (Fsp3) is 0.0455. The summed E-state index contributed by atoms with van der Waals surface area (Å²) in [6, 6.07) is 25.9. The molecule has 0 radical (unpaired) electrons. The molecule has 0 aliphatic heterocycles. The first-order chi connectivity index (χ1) is 12.8. The van der Waals surface area contributed by atoms with E-state index in [1.807, 2.05) is 72.8 Å². The van der Waals surface area contributed by atoms with Crippen molar-refractivity contribution >= 4 is 17.7 Å². The van der Waals surface area contributed by atoms with Gasteiger partial charge in [0.1, 0.15) is 11.5 Å². The second-order valence-electron chi connectivity index (χ2n) is 5.53. The van der Waals surface area contributed by atoms with E-state index < -0.39 is 0 Å². The number of rotatable bonds is 6. The number of carbonyl (C=O) groups is 1. The van der Waals surface area contributed by atoms with Gasteiger partial charge in [0.05, 0.1) is 13.3 Å². The van der Waals surface area contributed by atoms with Crippen LogP contribution in [0.5, 0.6) is 5.75 Å². The van der Waals surface area contributed by atoms with Crippen LogP contribution < -0.4 is 4.74 Å². The van der Waals surface area contributed by atoms with Crippen LogP contribution in [-0.2, 0) is 0 Å². The zero-order valence-corrected chi connectivity index (χ0v) is 14.4. The molecule has 128 valence electrons. The second-order valence-corrected chi connectivity index (χ2v) is 5.53. The first-order valence-corrected chi connectivity index (χ1v) is 8.18. The van der Waals surface area contributed by atoms with E-state index in [1.165, 1.54) is 0 Å². The van der Waals surface area contributed by atoms with Gasteiger partial charge in [0.2, 0.25) is 5.78 Å². The molecule has 0 saturated carbocycles. The van der Waals surface area contributed by atoms with Crippen LogP contribution in [0.2, 0.25) is 0 Å². The van der Waals surface area contributed by atoms with Gasteiger partial charge in [-0.15, -0.1) is 5.10 Å².